The van der Waals surface area contributed by atoms with E-state index in [1.807, 2.05) is 60.7 Å². The molecular formula is C22H22N2O2. The minimum absolute atomic E-state index is 0.170. The van der Waals surface area contributed by atoms with Crippen molar-refractivity contribution in [3.05, 3.63) is 71.3 Å². The number of piperidine rings is 1. The lowest BCUT2D eigenvalue weighted by molar-refractivity contribution is -0.127. The van der Waals surface area contributed by atoms with Gasteiger partial charge in [-0.05, 0) is 48.6 Å². The van der Waals surface area contributed by atoms with E-state index in [0.29, 0.717) is 6.61 Å². The van der Waals surface area contributed by atoms with E-state index in [1.165, 1.54) is 0 Å². The molecule has 1 fully saturated rings. The van der Waals surface area contributed by atoms with E-state index < -0.39 is 0 Å². The maximum absolute atomic E-state index is 12.5. The number of nitrogens with zero attached hydrogens (tertiary/aromatic N) is 2. The van der Waals surface area contributed by atoms with Gasteiger partial charge in [-0.1, -0.05) is 42.5 Å². The smallest absolute Gasteiger partial charge is 0.264 e. The number of hydrogen-bond acceptors (Lipinski definition) is 3. The molecular weight excluding hydrogens is 324 g/mol. The van der Waals surface area contributed by atoms with Crippen LogP contribution in [0.1, 0.15) is 30.4 Å². The molecule has 2 aromatic rings. The van der Waals surface area contributed by atoms with Crippen molar-refractivity contribution in [1.82, 2.24) is 4.90 Å². The highest BCUT2D eigenvalue weighted by Crippen LogP contribution is 2.18. The zero-order valence-electron chi connectivity index (χ0n) is 14.7. The summed E-state index contributed by atoms with van der Waals surface area (Å²) in [5.74, 6) is 0.587. The van der Waals surface area contributed by atoms with Crippen LogP contribution in [0.25, 0.3) is 6.08 Å². The van der Waals surface area contributed by atoms with Crippen LogP contribution in [0.15, 0.2) is 60.2 Å². The quantitative estimate of drug-likeness (QED) is 0.603. The summed E-state index contributed by atoms with van der Waals surface area (Å²) in [4.78, 5) is 14.2. The molecule has 26 heavy (non-hydrogen) atoms. The molecule has 4 heteroatoms. The number of benzene rings is 2. The minimum Gasteiger partial charge on any atom is -0.489 e. The topological polar surface area (TPSA) is 53.3 Å². The SMILES string of the molecule is N#C/C(=C/c1ccc(OCc2ccccc2)cc1)C(=O)N1CCCCC1. The van der Waals surface area contributed by atoms with E-state index in [0.717, 1.165) is 49.2 Å². The van der Waals surface area contributed by atoms with Crippen molar-refractivity contribution in [2.45, 2.75) is 25.9 Å². The van der Waals surface area contributed by atoms with Crippen LogP contribution in [-0.4, -0.2) is 23.9 Å². The molecule has 0 aliphatic carbocycles. The summed E-state index contributed by atoms with van der Waals surface area (Å²) in [6.45, 7) is 1.99. The molecule has 2 aromatic carbocycles. The molecule has 0 aromatic heterocycles. The van der Waals surface area contributed by atoms with Crippen LogP contribution in [0.5, 0.6) is 5.75 Å². The fraction of sp³-hybridized carbons (Fsp3) is 0.273. The summed E-state index contributed by atoms with van der Waals surface area (Å²) in [6.07, 6.45) is 4.83. The van der Waals surface area contributed by atoms with Gasteiger partial charge >= 0.3 is 0 Å². The van der Waals surface area contributed by atoms with Crippen molar-refractivity contribution in [2.24, 2.45) is 0 Å². The van der Waals surface area contributed by atoms with E-state index in [4.69, 9.17) is 4.74 Å². The summed E-state index contributed by atoms with van der Waals surface area (Å²) in [5.41, 5.74) is 2.11. The van der Waals surface area contributed by atoms with Crippen LogP contribution in [0.3, 0.4) is 0 Å². The third-order valence-electron chi connectivity index (χ3n) is 4.43. The lowest BCUT2D eigenvalue weighted by Gasteiger charge is -2.26. The first-order chi connectivity index (χ1) is 12.8. The lowest BCUT2D eigenvalue weighted by atomic mass is 10.1. The molecule has 0 atom stereocenters. The molecule has 1 heterocycles. The van der Waals surface area contributed by atoms with E-state index in [1.54, 1.807) is 11.0 Å². The van der Waals surface area contributed by atoms with Crippen LogP contribution in [0.4, 0.5) is 0 Å². The van der Waals surface area contributed by atoms with E-state index in [-0.39, 0.29) is 11.5 Å². The molecule has 0 spiro atoms. The monoisotopic (exact) mass is 346 g/mol. The Labute approximate surface area is 154 Å². The number of nitriles is 1. The van der Waals surface area contributed by atoms with Crippen LogP contribution < -0.4 is 4.74 Å². The van der Waals surface area contributed by atoms with Gasteiger partial charge in [-0.3, -0.25) is 4.79 Å². The number of carbonyl (C=O) groups excluding carboxylic acids is 1. The Morgan fingerprint density at radius 2 is 1.73 bits per heavy atom. The molecule has 3 rings (SSSR count). The molecule has 0 N–H and O–H groups in total. The summed E-state index contributed by atoms with van der Waals surface area (Å²) < 4.78 is 5.76. The van der Waals surface area contributed by atoms with Gasteiger partial charge in [0.25, 0.3) is 5.91 Å². The maximum Gasteiger partial charge on any atom is 0.264 e. The standard InChI is InChI=1S/C22H22N2O2/c23-16-20(22(25)24-13-5-2-6-14-24)15-18-9-11-21(12-10-18)26-17-19-7-3-1-4-8-19/h1,3-4,7-12,15H,2,5-6,13-14,17H2/b20-15-. The van der Waals surface area contributed by atoms with Gasteiger partial charge in [-0.15, -0.1) is 0 Å². The van der Waals surface area contributed by atoms with Gasteiger partial charge in [0.05, 0.1) is 0 Å². The Bertz CT molecular complexity index is 798. The Kier molecular flexibility index (Phi) is 6.05. The summed E-state index contributed by atoms with van der Waals surface area (Å²) >= 11 is 0. The van der Waals surface area contributed by atoms with Gasteiger partial charge < -0.3 is 9.64 Å². The van der Waals surface area contributed by atoms with Crippen LogP contribution in [0, 0.1) is 11.3 Å². The second kappa shape index (κ2) is 8.87. The fourth-order valence-electron chi connectivity index (χ4n) is 2.98. The second-order valence-corrected chi connectivity index (χ2v) is 6.37. The first-order valence-corrected chi connectivity index (χ1v) is 8.94. The molecule has 132 valence electrons. The number of carbonyl (C=O) groups is 1. The molecule has 1 aliphatic rings. The highest BCUT2D eigenvalue weighted by Gasteiger charge is 2.20. The van der Waals surface area contributed by atoms with Gasteiger partial charge in [-0.25, -0.2) is 0 Å². The Morgan fingerprint density at radius 3 is 2.38 bits per heavy atom. The second-order valence-electron chi connectivity index (χ2n) is 6.37. The van der Waals surface area contributed by atoms with E-state index in [9.17, 15) is 10.1 Å². The normalized spacial score (nSPS) is 14.6. The number of hydrogen-bond donors (Lipinski definition) is 0. The predicted molar refractivity (Wildman–Crippen MR) is 101 cm³/mol. The predicted octanol–water partition coefficient (Wildman–Crippen LogP) is 4.19. The molecule has 0 bridgehead atoms. The highest BCUT2D eigenvalue weighted by molar-refractivity contribution is 6.01. The number of likely N-dealkylation sites (tertiary alicyclic amines) is 1. The van der Waals surface area contributed by atoms with Gasteiger partial charge in [0.15, 0.2) is 0 Å². The number of rotatable bonds is 5. The largest absolute Gasteiger partial charge is 0.489 e. The van der Waals surface area contributed by atoms with Gasteiger partial charge in [0.2, 0.25) is 0 Å². The van der Waals surface area contributed by atoms with Crippen molar-refractivity contribution in [2.75, 3.05) is 13.1 Å². The lowest BCUT2D eigenvalue weighted by Crippen LogP contribution is -2.36. The third-order valence-corrected chi connectivity index (χ3v) is 4.43. The average Bonchev–Trinajstić information content (AvgIpc) is 2.72. The maximum atomic E-state index is 12.5. The summed E-state index contributed by atoms with van der Waals surface area (Å²) in [6, 6.07) is 19.5. The molecule has 1 aliphatic heterocycles. The van der Waals surface area contributed by atoms with Crippen molar-refractivity contribution >= 4 is 12.0 Å². The fourth-order valence-corrected chi connectivity index (χ4v) is 2.98. The first kappa shape index (κ1) is 17.8. The van der Waals surface area contributed by atoms with Gasteiger partial charge in [0.1, 0.15) is 24.0 Å². The Balaban J connectivity index is 1.64. The third kappa shape index (κ3) is 4.73. The zero-order chi connectivity index (χ0) is 18.2. The molecule has 4 nitrogen and oxygen atoms in total. The first-order valence-electron chi connectivity index (χ1n) is 8.94. The Morgan fingerprint density at radius 1 is 1.04 bits per heavy atom. The van der Waals surface area contributed by atoms with Crippen molar-refractivity contribution in [3.63, 3.8) is 0 Å². The molecule has 0 radical (unpaired) electrons. The van der Waals surface area contributed by atoms with Crippen LogP contribution >= 0.6 is 0 Å². The highest BCUT2D eigenvalue weighted by atomic mass is 16.5. The van der Waals surface area contributed by atoms with Crippen molar-refractivity contribution in [3.8, 4) is 11.8 Å². The minimum atomic E-state index is -0.170. The Hall–Kier alpha value is -3.06. The van der Waals surface area contributed by atoms with Crippen molar-refractivity contribution < 1.29 is 9.53 Å². The zero-order valence-corrected chi connectivity index (χ0v) is 14.7. The van der Waals surface area contributed by atoms with Crippen LogP contribution in [-0.2, 0) is 11.4 Å². The van der Waals surface area contributed by atoms with Gasteiger partial charge in [-0.2, -0.15) is 5.26 Å². The number of ether oxygens (including phenoxy) is 1. The van der Waals surface area contributed by atoms with Crippen LogP contribution in [0.2, 0.25) is 0 Å². The van der Waals surface area contributed by atoms with Crippen molar-refractivity contribution in [1.29, 1.82) is 5.26 Å². The molecule has 0 unspecified atom stereocenters. The number of amides is 1. The average molecular weight is 346 g/mol. The van der Waals surface area contributed by atoms with E-state index in [2.05, 4.69) is 0 Å². The molecule has 1 amide bonds. The van der Waals surface area contributed by atoms with E-state index >= 15 is 0 Å². The van der Waals surface area contributed by atoms with Gasteiger partial charge in [0, 0.05) is 13.1 Å². The summed E-state index contributed by atoms with van der Waals surface area (Å²) in [7, 11) is 0. The summed E-state index contributed by atoms with van der Waals surface area (Å²) in [5, 5.41) is 9.36. The molecule has 1 saturated heterocycles. The molecule has 0 saturated carbocycles.